The number of nitrogens with zero attached hydrogens (tertiary/aromatic N) is 3. The second kappa shape index (κ2) is 8.12. The van der Waals surface area contributed by atoms with Crippen LogP contribution in [0.2, 0.25) is 0 Å². The van der Waals surface area contributed by atoms with Crippen LogP contribution in [0.1, 0.15) is 6.42 Å². The van der Waals surface area contributed by atoms with Crippen LogP contribution < -0.4 is 10.9 Å². The molecule has 0 aliphatic carbocycles. The molecule has 31 heavy (non-hydrogen) atoms. The van der Waals surface area contributed by atoms with Crippen molar-refractivity contribution >= 4 is 44.1 Å². The molecule has 5 aromatic rings. The number of carbonyl (C=O) groups excluding carboxylic acids is 1. The van der Waals surface area contributed by atoms with Crippen LogP contribution in [0.4, 0.5) is 5.69 Å². The molecule has 2 aromatic heterocycles. The first-order chi connectivity index (χ1) is 15.2. The number of benzene rings is 3. The third-order valence-electron chi connectivity index (χ3n) is 5.04. The maximum atomic E-state index is 12.7. The fraction of sp³-hybridized carbons (Fsp3) is 0.0833. The maximum absolute atomic E-state index is 12.7. The lowest BCUT2D eigenvalue weighted by Crippen LogP contribution is -2.23. The zero-order valence-corrected chi connectivity index (χ0v) is 17.3. The van der Waals surface area contributed by atoms with E-state index in [0.717, 1.165) is 20.8 Å². The fourth-order valence-electron chi connectivity index (χ4n) is 3.47. The molecular formula is C24H18N4O2S. The number of aryl methyl sites for hydroxylation is 1. The van der Waals surface area contributed by atoms with E-state index in [4.69, 9.17) is 4.98 Å². The van der Waals surface area contributed by atoms with Crippen molar-refractivity contribution in [1.82, 2.24) is 14.5 Å². The van der Waals surface area contributed by atoms with E-state index in [1.54, 1.807) is 29.5 Å². The average molecular weight is 427 g/mol. The van der Waals surface area contributed by atoms with E-state index < -0.39 is 0 Å². The summed E-state index contributed by atoms with van der Waals surface area (Å²) in [4.78, 5) is 34.3. The highest BCUT2D eigenvalue weighted by atomic mass is 32.1. The van der Waals surface area contributed by atoms with Crippen molar-refractivity contribution in [2.45, 2.75) is 13.0 Å². The van der Waals surface area contributed by atoms with Crippen LogP contribution >= 0.6 is 11.3 Å². The zero-order chi connectivity index (χ0) is 21.2. The van der Waals surface area contributed by atoms with Crippen LogP contribution in [-0.4, -0.2) is 20.4 Å². The van der Waals surface area contributed by atoms with Gasteiger partial charge in [0.15, 0.2) is 0 Å². The summed E-state index contributed by atoms with van der Waals surface area (Å²) >= 11 is 1.59. The van der Waals surface area contributed by atoms with Gasteiger partial charge in [-0.3, -0.25) is 14.2 Å². The summed E-state index contributed by atoms with van der Waals surface area (Å²) < 4.78 is 2.57. The standard InChI is InChI=1S/C24H18N4O2S/c29-22(13-14-28-15-25-18-9-3-2-8-17(18)24(28)30)26-19-10-4-1-7-16(19)23-27-20-11-5-6-12-21(20)31-23/h1-12,15H,13-14H2,(H,26,29). The van der Waals surface area contributed by atoms with Crippen molar-refractivity contribution < 1.29 is 4.79 Å². The molecule has 0 atom stereocenters. The molecule has 0 saturated carbocycles. The lowest BCUT2D eigenvalue weighted by Gasteiger charge is -2.10. The molecule has 0 spiro atoms. The Morgan fingerprint density at radius 1 is 0.935 bits per heavy atom. The molecule has 6 nitrogen and oxygen atoms in total. The minimum Gasteiger partial charge on any atom is -0.325 e. The third kappa shape index (κ3) is 3.83. The number of anilines is 1. The molecule has 0 aliphatic heterocycles. The minimum atomic E-state index is -0.173. The maximum Gasteiger partial charge on any atom is 0.261 e. The number of hydrogen-bond acceptors (Lipinski definition) is 5. The fourth-order valence-corrected chi connectivity index (χ4v) is 4.47. The van der Waals surface area contributed by atoms with Gasteiger partial charge in [-0.1, -0.05) is 36.4 Å². The van der Waals surface area contributed by atoms with Crippen LogP contribution in [0.25, 0.3) is 31.7 Å². The minimum absolute atomic E-state index is 0.145. The molecule has 0 unspecified atom stereocenters. The number of carbonyl (C=O) groups is 1. The summed E-state index contributed by atoms with van der Waals surface area (Å²) in [6, 6.07) is 22.8. The van der Waals surface area contributed by atoms with Crippen molar-refractivity contribution in [3.63, 3.8) is 0 Å². The van der Waals surface area contributed by atoms with Gasteiger partial charge in [0, 0.05) is 18.5 Å². The quantitative estimate of drug-likeness (QED) is 0.442. The summed E-state index contributed by atoms with van der Waals surface area (Å²) in [7, 11) is 0. The van der Waals surface area contributed by atoms with E-state index in [-0.39, 0.29) is 24.4 Å². The van der Waals surface area contributed by atoms with Crippen LogP contribution in [0.3, 0.4) is 0 Å². The number of thiazole rings is 1. The normalized spacial score (nSPS) is 11.1. The third-order valence-corrected chi connectivity index (χ3v) is 6.11. The lowest BCUT2D eigenvalue weighted by atomic mass is 10.2. The van der Waals surface area contributed by atoms with E-state index in [0.29, 0.717) is 16.6 Å². The zero-order valence-electron chi connectivity index (χ0n) is 16.5. The lowest BCUT2D eigenvalue weighted by molar-refractivity contribution is -0.116. The predicted octanol–water partition coefficient (Wildman–Crippen LogP) is 4.70. The van der Waals surface area contributed by atoms with Crippen molar-refractivity contribution in [2.75, 3.05) is 5.32 Å². The van der Waals surface area contributed by atoms with Gasteiger partial charge in [-0.15, -0.1) is 11.3 Å². The van der Waals surface area contributed by atoms with Gasteiger partial charge in [0.1, 0.15) is 5.01 Å². The number of fused-ring (bicyclic) bond motifs is 2. The van der Waals surface area contributed by atoms with Crippen LogP contribution in [0.5, 0.6) is 0 Å². The summed E-state index contributed by atoms with van der Waals surface area (Å²) in [6.07, 6.45) is 1.65. The van der Waals surface area contributed by atoms with Gasteiger partial charge in [-0.25, -0.2) is 9.97 Å². The van der Waals surface area contributed by atoms with Gasteiger partial charge in [-0.2, -0.15) is 0 Å². The molecule has 0 radical (unpaired) electrons. The Balaban J connectivity index is 1.35. The Kier molecular flexibility index (Phi) is 5.01. The van der Waals surface area contributed by atoms with E-state index in [2.05, 4.69) is 10.3 Å². The summed E-state index contributed by atoms with van der Waals surface area (Å²) in [5.41, 5.74) is 3.02. The van der Waals surface area contributed by atoms with Crippen LogP contribution in [0.15, 0.2) is 83.9 Å². The van der Waals surface area contributed by atoms with Gasteiger partial charge in [-0.05, 0) is 36.4 Å². The first kappa shape index (κ1) is 19.1. The Morgan fingerprint density at radius 3 is 2.55 bits per heavy atom. The highest BCUT2D eigenvalue weighted by Gasteiger charge is 2.13. The molecule has 2 heterocycles. The molecule has 0 fully saturated rings. The Hall–Kier alpha value is -3.84. The van der Waals surface area contributed by atoms with Gasteiger partial charge in [0.2, 0.25) is 5.91 Å². The highest BCUT2D eigenvalue weighted by Crippen LogP contribution is 2.34. The summed E-state index contributed by atoms with van der Waals surface area (Å²) in [5, 5.41) is 4.37. The van der Waals surface area contributed by atoms with Gasteiger partial charge < -0.3 is 5.32 Å². The van der Waals surface area contributed by atoms with Crippen LogP contribution in [-0.2, 0) is 11.3 Å². The smallest absolute Gasteiger partial charge is 0.261 e. The van der Waals surface area contributed by atoms with Crippen LogP contribution in [0, 0.1) is 0 Å². The molecule has 5 rings (SSSR count). The first-order valence-corrected chi connectivity index (χ1v) is 10.7. The van der Waals surface area contributed by atoms with Gasteiger partial charge in [0.25, 0.3) is 5.56 Å². The Labute approximate surface area is 181 Å². The number of para-hydroxylation sites is 3. The van der Waals surface area contributed by atoms with Crippen molar-refractivity contribution in [3.05, 3.63) is 89.5 Å². The molecule has 1 N–H and O–H groups in total. The second-order valence-corrected chi connectivity index (χ2v) is 8.12. The predicted molar refractivity (Wildman–Crippen MR) is 124 cm³/mol. The molecule has 152 valence electrons. The SMILES string of the molecule is O=C(CCn1cnc2ccccc2c1=O)Nc1ccccc1-c1nc2ccccc2s1. The molecule has 0 bridgehead atoms. The highest BCUT2D eigenvalue weighted by molar-refractivity contribution is 7.21. The van der Waals surface area contributed by atoms with E-state index in [1.165, 1.54) is 10.9 Å². The average Bonchev–Trinajstić information content (AvgIpc) is 3.23. The molecular weight excluding hydrogens is 408 g/mol. The molecule has 0 saturated heterocycles. The number of hydrogen-bond donors (Lipinski definition) is 1. The number of aromatic nitrogens is 3. The number of amides is 1. The Bertz CT molecular complexity index is 1440. The van der Waals surface area contributed by atoms with E-state index in [1.807, 2.05) is 54.6 Å². The summed E-state index contributed by atoms with van der Waals surface area (Å²) in [5.74, 6) is -0.173. The number of nitrogens with one attached hydrogen (secondary N) is 1. The first-order valence-electron chi connectivity index (χ1n) is 9.88. The monoisotopic (exact) mass is 426 g/mol. The topological polar surface area (TPSA) is 76.9 Å². The molecule has 3 aromatic carbocycles. The molecule has 0 aliphatic rings. The van der Waals surface area contributed by atoms with Gasteiger partial charge >= 0.3 is 0 Å². The second-order valence-electron chi connectivity index (χ2n) is 7.09. The van der Waals surface area contributed by atoms with Crippen molar-refractivity contribution in [1.29, 1.82) is 0 Å². The van der Waals surface area contributed by atoms with Gasteiger partial charge in [0.05, 0.1) is 33.1 Å². The summed E-state index contributed by atoms with van der Waals surface area (Å²) in [6.45, 7) is 0.256. The molecule has 1 amide bonds. The molecule has 7 heteroatoms. The van der Waals surface area contributed by atoms with E-state index >= 15 is 0 Å². The van der Waals surface area contributed by atoms with Crippen molar-refractivity contribution in [3.8, 4) is 10.6 Å². The largest absolute Gasteiger partial charge is 0.325 e. The van der Waals surface area contributed by atoms with E-state index in [9.17, 15) is 9.59 Å². The number of rotatable bonds is 5. The Morgan fingerprint density at radius 2 is 1.68 bits per heavy atom. The van der Waals surface area contributed by atoms with Crippen molar-refractivity contribution in [2.24, 2.45) is 0 Å².